The maximum absolute atomic E-state index is 10.7. The predicted molar refractivity (Wildman–Crippen MR) is 89.5 cm³/mol. The molecule has 0 spiro atoms. The number of nitrogens with zero attached hydrogens (tertiary/aromatic N) is 1. The van der Waals surface area contributed by atoms with Crippen LogP contribution in [-0.4, -0.2) is 42.7 Å². The molecule has 1 N–H and O–H groups in total. The fourth-order valence-electron chi connectivity index (χ4n) is 2.47. The number of rotatable bonds is 9. The Balaban J connectivity index is 2.52. The lowest BCUT2D eigenvalue weighted by Crippen LogP contribution is -2.35. The molecule has 1 aromatic carbocycles. The van der Waals surface area contributed by atoms with Gasteiger partial charge in [-0.05, 0) is 42.5 Å². The van der Waals surface area contributed by atoms with Gasteiger partial charge in [0.05, 0.1) is 7.11 Å². The molecule has 0 bridgehead atoms. The molecule has 0 fully saturated rings. The zero-order chi connectivity index (χ0) is 16.6. The molecule has 22 heavy (non-hydrogen) atoms. The van der Waals surface area contributed by atoms with Crippen molar-refractivity contribution in [3.05, 3.63) is 29.8 Å². The molecule has 0 aliphatic heterocycles. The third kappa shape index (κ3) is 8.03. The number of carboxylic acid groups (broad SMARTS) is 1. The van der Waals surface area contributed by atoms with E-state index in [4.69, 9.17) is 9.84 Å². The van der Waals surface area contributed by atoms with Crippen LogP contribution >= 0.6 is 0 Å². The van der Waals surface area contributed by atoms with Crippen LogP contribution in [0.1, 0.15) is 39.2 Å². The maximum Gasteiger partial charge on any atom is 0.303 e. The van der Waals surface area contributed by atoms with E-state index < -0.39 is 5.97 Å². The Labute approximate surface area is 134 Å². The van der Waals surface area contributed by atoms with Crippen molar-refractivity contribution in [1.29, 1.82) is 0 Å². The van der Waals surface area contributed by atoms with Crippen LogP contribution in [0.4, 0.5) is 0 Å². The van der Waals surface area contributed by atoms with Crippen LogP contribution in [-0.2, 0) is 11.2 Å². The van der Waals surface area contributed by atoms with Gasteiger partial charge in [0.2, 0.25) is 0 Å². The van der Waals surface area contributed by atoms with Crippen molar-refractivity contribution < 1.29 is 14.6 Å². The quantitative estimate of drug-likeness (QED) is 0.759. The average Bonchev–Trinajstić information content (AvgIpc) is 2.43. The van der Waals surface area contributed by atoms with Gasteiger partial charge in [-0.15, -0.1) is 0 Å². The largest absolute Gasteiger partial charge is 0.497 e. The molecule has 124 valence electrons. The second-order valence-corrected chi connectivity index (χ2v) is 6.93. The summed E-state index contributed by atoms with van der Waals surface area (Å²) < 4.78 is 5.17. The van der Waals surface area contributed by atoms with Crippen molar-refractivity contribution in [3.63, 3.8) is 0 Å². The topological polar surface area (TPSA) is 49.8 Å². The zero-order valence-electron chi connectivity index (χ0n) is 14.3. The molecule has 0 saturated carbocycles. The Hall–Kier alpha value is -1.55. The van der Waals surface area contributed by atoms with Gasteiger partial charge in [-0.2, -0.15) is 0 Å². The fraction of sp³-hybridized carbons (Fsp3) is 0.611. The maximum atomic E-state index is 10.7. The predicted octanol–water partition coefficient (Wildman–Crippen LogP) is 3.45. The van der Waals surface area contributed by atoms with Crippen LogP contribution in [0.25, 0.3) is 0 Å². The molecule has 0 aromatic heterocycles. The van der Waals surface area contributed by atoms with Crippen molar-refractivity contribution in [2.45, 2.75) is 40.0 Å². The number of ether oxygens (including phenoxy) is 1. The molecule has 0 radical (unpaired) electrons. The lowest BCUT2D eigenvalue weighted by Gasteiger charge is -2.30. The third-order valence-electron chi connectivity index (χ3n) is 3.44. The summed E-state index contributed by atoms with van der Waals surface area (Å²) in [5.74, 6) is 0.155. The van der Waals surface area contributed by atoms with Crippen LogP contribution in [0.15, 0.2) is 24.3 Å². The van der Waals surface area contributed by atoms with Crippen molar-refractivity contribution in [1.82, 2.24) is 4.90 Å². The first-order valence-electron chi connectivity index (χ1n) is 7.87. The number of hydrogen-bond donors (Lipinski definition) is 1. The highest BCUT2D eigenvalue weighted by atomic mass is 16.5. The van der Waals surface area contributed by atoms with E-state index in [1.54, 1.807) is 7.11 Å². The van der Waals surface area contributed by atoms with Crippen molar-refractivity contribution in [2.24, 2.45) is 5.41 Å². The highest BCUT2D eigenvalue weighted by Crippen LogP contribution is 2.17. The summed E-state index contributed by atoms with van der Waals surface area (Å²) in [6, 6.07) is 8.14. The molecule has 0 heterocycles. The first kappa shape index (κ1) is 18.5. The normalized spacial score (nSPS) is 11.7. The number of methoxy groups -OCH3 is 1. The first-order valence-corrected chi connectivity index (χ1v) is 7.87. The Morgan fingerprint density at radius 2 is 1.82 bits per heavy atom. The summed E-state index contributed by atoms with van der Waals surface area (Å²) in [5.41, 5.74) is 1.49. The van der Waals surface area contributed by atoms with Crippen LogP contribution in [0, 0.1) is 5.41 Å². The lowest BCUT2D eigenvalue weighted by molar-refractivity contribution is -0.137. The van der Waals surface area contributed by atoms with Gasteiger partial charge in [0.1, 0.15) is 5.75 Å². The van der Waals surface area contributed by atoms with E-state index in [1.165, 1.54) is 5.56 Å². The summed E-state index contributed by atoms with van der Waals surface area (Å²) >= 11 is 0. The number of carboxylic acids is 1. The van der Waals surface area contributed by atoms with Crippen LogP contribution < -0.4 is 4.74 Å². The van der Waals surface area contributed by atoms with Gasteiger partial charge in [0.25, 0.3) is 0 Å². The molecule has 4 heteroatoms. The lowest BCUT2D eigenvalue weighted by atomic mass is 9.95. The number of benzene rings is 1. The minimum Gasteiger partial charge on any atom is -0.497 e. The van der Waals surface area contributed by atoms with E-state index in [9.17, 15) is 4.79 Å². The summed E-state index contributed by atoms with van der Waals surface area (Å²) in [6.45, 7) is 9.39. The second kappa shape index (κ2) is 8.79. The van der Waals surface area contributed by atoms with E-state index in [0.717, 1.165) is 31.8 Å². The van der Waals surface area contributed by atoms with Crippen molar-refractivity contribution in [3.8, 4) is 5.75 Å². The molecule has 1 rings (SSSR count). The van der Waals surface area contributed by atoms with E-state index in [0.29, 0.717) is 6.42 Å². The fourth-order valence-corrected chi connectivity index (χ4v) is 2.47. The molecular weight excluding hydrogens is 278 g/mol. The van der Waals surface area contributed by atoms with Gasteiger partial charge >= 0.3 is 5.97 Å². The highest BCUT2D eigenvalue weighted by Gasteiger charge is 2.16. The van der Waals surface area contributed by atoms with E-state index in [-0.39, 0.29) is 11.8 Å². The van der Waals surface area contributed by atoms with Gasteiger partial charge in [-0.25, -0.2) is 0 Å². The highest BCUT2D eigenvalue weighted by molar-refractivity contribution is 5.66. The minimum absolute atomic E-state index is 0.211. The molecule has 0 amide bonds. The van der Waals surface area contributed by atoms with Crippen LogP contribution in [0.3, 0.4) is 0 Å². The molecular formula is C18H29NO3. The summed E-state index contributed by atoms with van der Waals surface area (Å²) in [7, 11) is 1.67. The number of carbonyl (C=O) groups is 1. The van der Waals surface area contributed by atoms with Crippen molar-refractivity contribution in [2.75, 3.05) is 26.7 Å². The molecule has 0 atom stereocenters. The number of aliphatic carboxylic acids is 1. The first-order chi connectivity index (χ1) is 10.3. The molecule has 0 aliphatic rings. The Kier molecular flexibility index (Phi) is 7.39. The summed E-state index contributed by atoms with van der Waals surface area (Å²) in [4.78, 5) is 13.0. The van der Waals surface area contributed by atoms with Crippen LogP contribution in [0.2, 0.25) is 0 Å². The third-order valence-corrected chi connectivity index (χ3v) is 3.44. The second-order valence-electron chi connectivity index (χ2n) is 6.93. The van der Waals surface area contributed by atoms with Crippen LogP contribution in [0.5, 0.6) is 5.75 Å². The summed E-state index contributed by atoms with van der Waals surface area (Å²) in [5, 5.41) is 8.79. The Morgan fingerprint density at radius 3 is 2.32 bits per heavy atom. The molecule has 0 unspecified atom stereocenters. The smallest absolute Gasteiger partial charge is 0.303 e. The Bertz CT molecular complexity index is 448. The zero-order valence-corrected chi connectivity index (χ0v) is 14.3. The van der Waals surface area contributed by atoms with Gasteiger partial charge < -0.3 is 14.7 Å². The van der Waals surface area contributed by atoms with E-state index in [2.05, 4.69) is 37.8 Å². The van der Waals surface area contributed by atoms with Gasteiger partial charge in [-0.3, -0.25) is 4.79 Å². The average molecular weight is 307 g/mol. The number of hydrogen-bond acceptors (Lipinski definition) is 3. The monoisotopic (exact) mass is 307 g/mol. The molecule has 4 nitrogen and oxygen atoms in total. The minimum atomic E-state index is -0.717. The van der Waals surface area contributed by atoms with Gasteiger partial charge in [-0.1, -0.05) is 32.9 Å². The standard InChI is InChI=1S/C18H29NO3/c1-18(2,3)14-19(12-5-6-17(20)21)13-11-15-7-9-16(22-4)10-8-15/h7-10H,5-6,11-14H2,1-4H3,(H,20,21). The van der Waals surface area contributed by atoms with E-state index >= 15 is 0 Å². The SMILES string of the molecule is COc1ccc(CCN(CCCC(=O)O)CC(C)(C)C)cc1. The van der Waals surface area contributed by atoms with Crippen molar-refractivity contribution >= 4 is 5.97 Å². The van der Waals surface area contributed by atoms with Gasteiger partial charge in [0, 0.05) is 19.5 Å². The molecule has 0 saturated heterocycles. The summed E-state index contributed by atoms with van der Waals surface area (Å²) in [6.07, 6.45) is 1.91. The van der Waals surface area contributed by atoms with Gasteiger partial charge in [0.15, 0.2) is 0 Å². The van der Waals surface area contributed by atoms with E-state index in [1.807, 2.05) is 12.1 Å². The Morgan fingerprint density at radius 1 is 1.18 bits per heavy atom. The molecule has 0 aliphatic carbocycles. The molecule has 1 aromatic rings.